The summed E-state index contributed by atoms with van der Waals surface area (Å²) in [4.78, 5) is 15.4. The van der Waals surface area contributed by atoms with E-state index in [9.17, 15) is 9.18 Å². The Morgan fingerprint density at radius 3 is 2.38 bits per heavy atom. The first-order valence-electron chi connectivity index (χ1n) is 7.38. The number of carbonyl (C=O) groups excluding carboxylic acids is 1. The van der Waals surface area contributed by atoms with Gasteiger partial charge in [0.25, 0.3) is 5.91 Å². The third-order valence-corrected chi connectivity index (χ3v) is 3.55. The molecule has 2 aromatic carbocycles. The van der Waals surface area contributed by atoms with E-state index in [0.717, 1.165) is 5.56 Å². The van der Waals surface area contributed by atoms with Crippen molar-refractivity contribution >= 4 is 5.91 Å². The highest BCUT2D eigenvalue weighted by molar-refractivity contribution is 5.83. The molecule has 0 saturated heterocycles. The minimum absolute atomic E-state index is 0.163. The molecule has 122 valence electrons. The van der Waals surface area contributed by atoms with E-state index >= 15 is 0 Å². The van der Waals surface area contributed by atoms with Gasteiger partial charge in [0.1, 0.15) is 5.82 Å². The average molecular weight is 325 g/mol. The summed E-state index contributed by atoms with van der Waals surface area (Å²) in [5, 5.41) is 12.3. The summed E-state index contributed by atoms with van der Waals surface area (Å²) in [7, 11) is 3.35. The number of halogens is 1. The van der Waals surface area contributed by atoms with E-state index in [1.165, 1.54) is 21.8 Å². The fourth-order valence-electron chi connectivity index (χ4n) is 2.30. The van der Waals surface area contributed by atoms with E-state index in [2.05, 4.69) is 15.4 Å². The van der Waals surface area contributed by atoms with Crippen molar-refractivity contribution in [3.8, 4) is 11.4 Å². The second-order valence-corrected chi connectivity index (χ2v) is 5.49. The molecule has 0 saturated carbocycles. The molecule has 0 radical (unpaired) electrons. The predicted molar refractivity (Wildman–Crippen MR) is 86.5 cm³/mol. The van der Waals surface area contributed by atoms with Crippen molar-refractivity contribution in [1.82, 2.24) is 25.1 Å². The fourth-order valence-corrected chi connectivity index (χ4v) is 2.30. The summed E-state index contributed by atoms with van der Waals surface area (Å²) < 4.78 is 13.0. The number of hydrogen-bond acceptors (Lipinski definition) is 4. The van der Waals surface area contributed by atoms with Crippen molar-refractivity contribution < 1.29 is 9.18 Å². The zero-order valence-corrected chi connectivity index (χ0v) is 13.3. The normalized spacial score (nSPS) is 12.0. The van der Waals surface area contributed by atoms with Gasteiger partial charge in [-0.2, -0.15) is 0 Å². The van der Waals surface area contributed by atoms with Gasteiger partial charge in [0.05, 0.1) is 0 Å². The second kappa shape index (κ2) is 6.57. The molecule has 24 heavy (non-hydrogen) atoms. The Balaban J connectivity index is 2.00. The Hall–Kier alpha value is -3.09. The molecule has 1 unspecified atom stereocenters. The van der Waals surface area contributed by atoms with Crippen LogP contribution in [0.2, 0.25) is 0 Å². The smallest absolute Gasteiger partial charge is 0.253 e. The number of likely N-dealkylation sites (N-methyl/N-ethyl adjacent to an activating group) is 1. The standard InChI is InChI=1S/C17H16FN5O/c1-22(2)17(24)15(12-6-4-3-5-7-12)23-20-16(19-21-23)13-8-10-14(18)11-9-13/h3-11,15H,1-2H3. The molecule has 0 aliphatic carbocycles. The van der Waals surface area contributed by atoms with E-state index in [1.54, 1.807) is 26.2 Å². The number of benzene rings is 2. The maximum atomic E-state index is 13.0. The number of aromatic nitrogens is 4. The Bertz CT molecular complexity index is 830. The molecular formula is C17H16FN5O. The first-order chi connectivity index (χ1) is 11.6. The molecule has 7 heteroatoms. The highest BCUT2D eigenvalue weighted by atomic mass is 19.1. The summed E-state index contributed by atoms with van der Waals surface area (Å²) in [5.74, 6) is -0.164. The molecule has 1 atom stereocenters. The van der Waals surface area contributed by atoms with E-state index in [0.29, 0.717) is 11.4 Å². The summed E-state index contributed by atoms with van der Waals surface area (Å²) in [6, 6.07) is 14.4. The molecule has 0 fully saturated rings. The van der Waals surface area contributed by atoms with E-state index in [-0.39, 0.29) is 11.7 Å². The second-order valence-electron chi connectivity index (χ2n) is 5.49. The van der Waals surface area contributed by atoms with Gasteiger partial charge < -0.3 is 4.90 Å². The number of nitrogens with zero attached hydrogens (tertiary/aromatic N) is 5. The van der Waals surface area contributed by atoms with Crippen LogP contribution >= 0.6 is 0 Å². The van der Waals surface area contributed by atoms with Crippen molar-refractivity contribution in [2.24, 2.45) is 0 Å². The molecule has 1 aromatic heterocycles. The van der Waals surface area contributed by atoms with Gasteiger partial charge in [0.15, 0.2) is 6.04 Å². The molecular weight excluding hydrogens is 309 g/mol. The third kappa shape index (κ3) is 3.15. The van der Waals surface area contributed by atoms with Crippen LogP contribution < -0.4 is 0 Å². The van der Waals surface area contributed by atoms with Gasteiger partial charge in [-0.15, -0.1) is 15.0 Å². The minimum atomic E-state index is -0.706. The number of rotatable bonds is 4. The first-order valence-corrected chi connectivity index (χ1v) is 7.38. The van der Waals surface area contributed by atoms with Gasteiger partial charge in [-0.25, -0.2) is 4.39 Å². The lowest BCUT2D eigenvalue weighted by Gasteiger charge is -2.19. The summed E-state index contributed by atoms with van der Waals surface area (Å²) >= 11 is 0. The first kappa shape index (κ1) is 15.8. The monoisotopic (exact) mass is 325 g/mol. The Kier molecular flexibility index (Phi) is 4.33. The van der Waals surface area contributed by atoms with Crippen LogP contribution in [0.1, 0.15) is 11.6 Å². The lowest BCUT2D eigenvalue weighted by molar-refractivity contribution is -0.131. The highest BCUT2D eigenvalue weighted by Crippen LogP contribution is 2.20. The van der Waals surface area contributed by atoms with Crippen LogP contribution in [0.3, 0.4) is 0 Å². The highest BCUT2D eigenvalue weighted by Gasteiger charge is 2.27. The topological polar surface area (TPSA) is 63.9 Å². The van der Waals surface area contributed by atoms with Crippen molar-refractivity contribution in [3.05, 3.63) is 66.0 Å². The predicted octanol–water partition coefficient (Wildman–Crippen LogP) is 2.16. The molecule has 1 amide bonds. The van der Waals surface area contributed by atoms with Crippen LogP contribution in [0.15, 0.2) is 54.6 Å². The minimum Gasteiger partial charge on any atom is -0.347 e. The molecule has 0 N–H and O–H groups in total. The van der Waals surface area contributed by atoms with Crippen LogP contribution in [0.25, 0.3) is 11.4 Å². The molecule has 0 bridgehead atoms. The molecule has 6 nitrogen and oxygen atoms in total. The molecule has 3 rings (SSSR count). The summed E-state index contributed by atoms with van der Waals surface area (Å²) in [5.41, 5.74) is 1.39. The van der Waals surface area contributed by atoms with Crippen molar-refractivity contribution in [1.29, 1.82) is 0 Å². The van der Waals surface area contributed by atoms with Gasteiger partial charge >= 0.3 is 0 Å². The van der Waals surface area contributed by atoms with Gasteiger partial charge in [-0.3, -0.25) is 4.79 Å². The average Bonchev–Trinajstić information content (AvgIpc) is 3.06. The molecule has 0 aliphatic rings. The Morgan fingerprint density at radius 2 is 1.75 bits per heavy atom. The van der Waals surface area contributed by atoms with Crippen LogP contribution in [0, 0.1) is 5.82 Å². The third-order valence-electron chi connectivity index (χ3n) is 3.55. The Morgan fingerprint density at radius 1 is 1.08 bits per heavy atom. The SMILES string of the molecule is CN(C)C(=O)C(c1ccccc1)n1nnc(-c2ccc(F)cc2)n1. The number of tetrazole rings is 1. The van der Waals surface area contributed by atoms with Gasteiger partial charge in [0.2, 0.25) is 5.82 Å². The number of hydrogen-bond donors (Lipinski definition) is 0. The quantitative estimate of drug-likeness (QED) is 0.737. The van der Waals surface area contributed by atoms with Crippen molar-refractivity contribution in [2.45, 2.75) is 6.04 Å². The number of amides is 1. The van der Waals surface area contributed by atoms with Crippen LogP contribution in [-0.4, -0.2) is 45.1 Å². The molecule has 3 aromatic rings. The molecule has 0 aliphatic heterocycles. The summed E-state index contributed by atoms with van der Waals surface area (Å²) in [6.07, 6.45) is 0. The van der Waals surface area contributed by atoms with Crippen molar-refractivity contribution in [3.63, 3.8) is 0 Å². The zero-order chi connectivity index (χ0) is 17.1. The molecule has 1 heterocycles. The van der Waals surface area contributed by atoms with Gasteiger partial charge in [-0.05, 0) is 35.0 Å². The number of carbonyl (C=O) groups is 1. The van der Waals surface area contributed by atoms with Gasteiger partial charge in [-0.1, -0.05) is 30.3 Å². The fraction of sp³-hybridized carbons (Fsp3) is 0.176. The zero-order valence-electron chi connectivity index (χ0n) is 13.3. The maximum absolute atomic E-state index is 13.0. The Labute approximate surface area is 138 Å². The van der Waals surface area contributed by atoms with E-state index < -0.39 is 6.04 Å². The van der Waals surface area contributed by atoms with Crippen LogP contribution in [-0.2, 0) is 4.79 Å². The van der Waals surface area contributed by atoms with Crippen molar-refractivity contribution in [2.75, 3.05) is 14.1 Å². The van der Waals surface area contributed by atoms with Crippen LogP contribution in [0.4, 0.5) is 4.39 Å². The maximum Gasteiger partial charge on any atom is 0.253 e. The summed E-state index contributed by atoms with van der Waals surface area (Å²) in [6.45, 7) is 0. The largest absolute Gasteiger partial charge is 0.347 e. The molecule has 0 spiro atoms. The van der Waals surface area contributed by atoms with E-state index in [4.69, 9.17) is 0 Å². The lowest BCUT2D eigenvalue weighted by Crippen LogP contribution is -2.33. The van der Waals surface area contributed by atoms with Gasteiger partial charge in [0, 0.05) is 19.7 Å². The lowest BCUT2D eigenvalue weighted by atomic mass is 10.1. The van der Waals surface area contributed by atoms with Crippen LogP contribution in [0.5, 0.6) is 0 Å². The van der Waals surface area contributed by atoms with E-state index in [1.807, 2.05) is 30.3 Å².